The number of rotatable bonds is 6. The lowest BCUT2D eigenvalue weighted by Gasteiger charge is -2.11. The van der Waals surface area contributed by atoms with E-state index in [0.29, 0.717) is 23.4 Å². The van der Waals surface area contributed by atoms with Gasteiger partial charge in [0.1, 0.15) is 11.6 Å². The predicted molar refractivity (Wildman–Crippen MR) is 102 cm³/mol. The molecule has 0 aliphatic carbocycles. The van der Waals surface area contributed by atoms with Crippen molar-refractivity contribution >= 4 is 33.9 Å². The number of carbonyl (C=O) groups is 2. The average molecular weight is 414 g/mol. The second-order valence-corrected chi connectivity index (χ2v) is 6.47. The summed E-state index contributed by atoms with van der Waals surface area (Å²) in [7, 11) is 0. The van der Waals surface area contributed by atoms with Crippen molar-refractivity contribution in [2.45, 2.75) is 6.92 Å². The van der Waals surface area contributed by atoms with Crippen LogP contribution in [-0.2, 0) is 4.79 Å². The molecular weight excluding hydrogens is 398 g/mol. The Morgan fingerprint density at radius 2 is 2.04 bits per heavy atom. The molecule has 0 bridgehead atoms. The van der Waals surface area contributed by atoms with Crippen LogP contribution in [0.5, 0.6) is 5.75 Å². The SMILES string of the molecule is Cc1cc(NC(=O)COc2ccccc2C=O)n(-c2cccc(Br)c2)n1. The van der Waals surface area contributed by atoms with Gasteiger partial charge >= 0.3 is 0 Å². The van der Waals surface area contributed by atoms with Gasteiger partial charge in [0.2, 0.25) is 0 Å². The molecule has 2 aromatic carbocycles. The van der Waals surface area contributed by atoms with Gasteiger partial charge in [-0.1, -0.05) is 34.1 Å². The molecular formula is C19H16BrN3O3. The molecule has 0 spiro atoms. The highest BCUT2D eigenvalue weighted by Gasteiger charge is 2.12. The summed E-state index contributed by atoms with van der Waals surface area (Å²) in [6, 6.07) is 16.1. The lowest BCUT2D eigenvalue weighted by molar-refractivity contribution is -0.118. The Balaban J connectivity index is 1.73. The van der Waals surface area contributed by atoms with E-state index in [1.54, 1.807) is 35.0 Å². The topological polar surface area (TPSA) is 73.2 Å². The third-order valence-corrected chi connectivity index (χ3v) is 4.05. The number of hydrogen-bond donors (Lipinski definition) is 1. The van der Waals surface area contributed by atoms with Crippen LogP contribution in [0.4, 0.5) is 5.82 Å². The summed E-state index contributed by atoms with van der Waals surface area (Å²) in [6.07, 6.45) is 0.693. The van der Waals surface area contributed by atoms with E-state index in [4.69, 9.17) is 4.74 Å². The normalized spacial score (nSPS) is 10.4. The van der Waals surface area contributed by atoms with Crippen molar-refractivity contribution in [3.8, 4) is 11.4 Å². The first-order valence-electron chi connectivity index (χ1n) is 7.86. The molecule has 26 heavy (non-hydrogen) atoms. The van der Waals surface area contributed by atoms with Crippen LogP contribution in [0.1, 0.15) is 16.1 Å². The minimum absolute atomic E-state index is 0.215. The van der Waals surface area contributed by atoms with Crippen molar-refractivity contribution in [3.63, 3.8) is 0 Å². The number of carbonyl (C=O) groups excluding carboxylic acids is 2. The molecule has 1 amide bonds. The zero-order valence-electron chi connectivity index (χ0n) is 14.0. The van der Waals surface area contributed by atoms with Gasteiger partial charge in [0.25, 0.3) is 5.91 Å². The van der Waals surface area contributed by atoms with E-state index >= 15 is 0 Å². The Labute approximate surface area is 158 Å². The maximum absolute atomic E-state index is 12.3. The molecule has 6 nitrogen and oxygen atoms in total. The molecule has 0 aliphatic rings. The molecule has 0 aliphatic heterocycles. The number of aromatic nitrogens is 2. The molecule has 7 heteroatoms. The number of benzene rings is 2. The fourth-order valence-corrected chi connectivity index (χ4v) is 2.81. The highest BCUT2D eigenvalue weighted by atomic mass is 79.9. The number of para-hydroxylation sites is 1. The Morgan fingerprint density at radius 1 is 1.23 bits per heavy atom. The summed E-state index contributed by atoms with van der Waals surface area (Å²) in [5.74, 6) is 0.564. The van der Waals surface area contributed by atoms with Crippen LogP contribution in [0, 0.1) is 6.92 Å². The average Bonchev–Trinajstić information content (AvgIpc) is 3.00. The van der Waals surface area contributed by atoms with Gasteiger partial charge in [0.05, 0.1) is 16.9 Å². The Hall–Kier alpha value is -2.93. The quantitative estimate of drug-likeness (QED) is 0.624. The van der Waals surface area contributed by atoms with E-state index in [0.717, 1.165) is 15.9 Å². The van der Waals surface area contributed by atoms with Crippen LogP contribution < -0.4 is 10.1 Å². The fraction of sp³-hybridized carbons (Fsp3) is 0.105. The molecule has 3 rings (SSSR count). The molecule has 0 fully saturated rings. The number of nitrogens with one attached hydrogen (secondary N) is 1. The number of anilines is 1. The van der Waals surface area contributed by atoms with Gasteiger partial charge in [0, 0.05) is 10.5 Å². The zero-order valence-corrected chi connectivity index (χ0v) is 15.6. The molecule has 1 aromatic heterocycles. The van der Waals surface area contributed by atoms with E-state index in [-0.39, 0.29) is 12.5 Å². The van der Waals surface area contributed by atoms with E-state index in [9.17, 15) is 9.59 Å². The van der Waals surface area contributed by atoms with Gasteiger partial charge in [-0.15, -0.1) is 0 Å². The smallest absolute Gasteiger partial charge is 0.263 e. The highest BCUT2D eigenvalue weighted by molar-refractivity contribution is 9.10. The van der Waals surface area contributed by atoms with Crippen molar-refractivity contribution in [1.82, 2.24) is 9.78 Å². The van der Waals surface area contributed by atoms with Crippen LogP contribution >= 0.6 is 15.9 Å². The number of hydrogen-bond acceptors (Lipinski definition) is 4. The predicted octanol–water partition coefficient (Wildman–Crippen LogP) is 3.77. The Bertz CT molecular complexity index is 953. The molecule has 0 saturated heterocycles. The first-order valence-corrected chi connectivity index (χ1v) is 8.65. The molecule has 3 aromatic rings. The standard InChI is InChI=1S/C19H16BrN3O3/c1-13-9-18(23(22-13)16-7-4-6-15(20)10-16)21-19(25)12-26-17-8-3-2-5-14(17)11-24/h2-11H,12H2,1H3,(H,21,25). The molecule has 0 radical (unpaired) electrons. The summed E-state index contributed by atoms with van der Waals surface area (Å²) < 4.78 is 8.01. The van der Waals surface area contributed by atoms with Gasteiger partial charge in [0.15, 0.2) is 12.9 Å². The van der Waals surface area contributed by atoms with Crippen LogP contribution in [0.3, 0.4) is 0 Å². The number of ether oxygens (including phenoxy) is 1. The van der Waals surface area contributed by atoms with Gasteiger partial charge in [-0.05, 0) is 37.3 Å². The second-order valence-electron chi connectivity index (χ2n) is 5.56. The highest BCUT2D eigenvalue weighted by Crippen LogP contribution is 2.21. The summed E-state index contributed by atoms with van der Waals surface area (Å²) in [6.45, 7) is 1.63. The summed E-state index contributed by atoms with van der Waals surface area (Å²) in [5.41, 5.74) is 1.98. The van der Waals surface area contributed by atoms with E-state index < -0.39 is 0 Å². The van der Waals surface area contributed by atoms with Gasteiger partial charge in [-0.25, -0.2) is 4.68 Å². The maximum Gasteiger partial charge on any atom is 0.263 e. The van der Waals surface area contributed by atoms with E-state index in [2.05, 4.69) is 26.3 Å². The van der Waals surface area contributed by atoms with E-state index in [1.807, 2.05) is 31.2 Å². The minimum atomic E-state index is -0.346. The van der Waals surface area contributed by atoms with Crippen LogP contribution in [0.15, 0.2) is 59.1 Å². The van der Waals surface area contributed by atoms with E-state index in [1.165, 1.54) is 0 Å². The summed E-state index contributed by atoms with van der Waals surface area (Å²) in [4.78, 5) is 23.3. The van der Waals surface area contributed by atoms with Crippen LogP contribution in [-0.4, -0.2) is 28.6 Å². The summed E-state index contributed by atoms with van der Waals surface area (Å²) >= 11 is 3.43. The number of halogens is 1. The molecule has 1 N–H and O–H groups in total. The largest absolute Gasteiger partial charge is 0.483 e. The fourth-order valence-electron chi connectivity index (χ4n) is 2.42. The number of amides is 1. The lowest BCUT2D eigenvalue weighted by atomic mass is 10.2. The van der Waals surface area contributed by atoms with Crippen molar-refractivity contribution < 1.29 is 14.3 Å². The van der Waals surface area contributed by atoms with Gasteiger partial charge in [-0.3, -0.25) is 9.59 Å². The lowest BCUT2D eigenvalue weighted by Crippen LogP contribution is -2.22. The van der Waals surface area contributed by atoms with Gasteiger partial charge < -0.3 is 10.1 Å². The minimum Gasteiger partial charge on any atom is -0.483 e. The third kappa shape index (κ3) is 4.18. The Morgan fingerprint density at radius 3 is 2.81 bits per heavy atom. The van der Waals surface area contributed by atoms with Gasteiger partial charge in [-0.2, -0.15) is 5.10 Å². The number of aldehydes is 1. The third-order valence-electron chi connectivity index (χ3n) is 3.56. The molecule has 1 heterocycles. The van der Waals surface area contributed by atoms with Crippen molar-refractivity contribution in [2.24, 2.45) is 0 Å². The molecule has 0 atom stereocenters. The zero-order chi connectivity index (χ0) is 18.5. The first-order chi connectivity index (χ1) is 12.6. The molecule has 0 unspecified atom stereocenters. The van der Waals surface area contributed by atoms with Crippen molar-refractivity contribution in [1.29, 1.82) is 0 Å². The number of nitrogens with zero attached hydrogens (tertiary/aromatic N) is 2. The molecule has 132 valence electrons. The van der Waals surface area contributed by atoms with Crippen LogP contribution in [0.2, 0.25) is 0 Å². The Kier molecular flexibility index (Phi) is 5.48. The molecule has 0 saturated carbocycles. The second kappa shape index (κ2) is 7.97. The van der Waals surface area contributed by atoms with Crippen LogP contribution in [0.25, 0.3) is 5.69 Å². The summed E-state index contributed by atoms with van der Waals surface area (Å²) in [5, 5.41) is 7.20. The monoisotopic (exact) mass is 413 g/mol. The van der Waals surface area contributed by atoms with Crippen molar-refractivity contribution in [3.05, 3.63) is 70.3 Å². The number of aryl methyl sites for hydroxylation is 1. The maximum atomic E-state index is 12.3. The first kappa shape index (κ1) is 17.9. The van der Waals surface area contributed by atoms with Crippen molar-refractivity contribution in [2.75, 3.05) is 11.9 Å².